The van der Waals surface area contributed by atoms with Gasteiger partial charge in [0.15, 0.2) is 0 Å². The number of aromatic amines is 1. The predicted octanol–water partition coefficient (Wildman–Crippen LogP) is 1.07. The summed E-state index contributed by atoms with van der Waals surface area (Å²) in [6.45, 7) is 3.67. The van der Waals surface area contributed by atoms with Gasteiger partial charge in [-0.15, -0.1) is 0 Å². The second kappa shape index (κ2) is 4.09. The number of aryl methyl sites for hydroxylation is 2. The van der Waals surface area contributed by atoms with E-state index in [0.717, 1.165) is 5.69 Å². The van der Waals surface area contributed by atoms with Gasteiger partial charge in [0.2, 0.25) is 5.95 Å². The third-order valence-corrected chi connectivity index (χ3v) is 2.12. The minimum atomic E-state index is -0.248. The van der Waals surface area contributed by atoms with Crippen LogP contribution in [-0.2, 0) is 0 Å². The van der Waals surface area contributed by atoms with E-state index in [-0.39, 0.29) is 5.91 Å². The molecule has 2 N–H and O–H groups in total. The lowest BCUT2D eigenvalue weighted by Gasteiger charge is -2.04. The number of hydrogen-bond acceptors (Lipinski definition) is 4. The molecule has 0 atom stereocenters. The van der Waals surface area contributed by atoms with Crippen molar-refractivity contribution in [2.75, 3.05) is 5.32 Å². The third kappa shape index (κ3) is 2.05. The van der Waals surface area contributed by atoms with Crippen LogP contribution in [0.2, 0.25) is 0 Å². The first-order valence-electron chi connectivity index (χ1n) is 4.78. The molecule has 0 fully saturated rings. The Labute approximate surface area is 92.1 Å². The standard InChI is InChI=1S/C10H11N5O/c1-6-3-4-8(7(2)13-6)9(16)14-10-11-5-12-15-10/h3-5H,1-2H3,(H2,11,12,14,15,16). The van der Waals surface area contributed by atoms with E-state index in [2.05, 4.69) is 25.5 Å². The van der Waals surface area contributed by atoms with Crippen molar-refractivity contribution in [2.24, 2.45) is 0 Å². The van der Waals surface area contributed by atoms with Gasteiger partial charge in [0, 0.05) is 5.69 Å². The maximum atomic E-state index is 11.8. The van der Waals surface area contributed by atoms with Gasteiger partial charge in [-0.05, 0) is 26.0 Å². The molecule has 16 heavy (non-hydrogen) atoms. The van der Waals surface area contributed by atoms with E-state index in [1.807, 2.05) is 6.92 Å². The molecule has 0 saturated heterocycles. The lowest BCUT2D eigenvalue weighted by Crippen LogP contribution is -2.15. The molecule has 0 aliphatic heterocycles. The predicted molar refractivity (Wildman–Crippen MR) is 58.0 cm³/mol. The van der Waals surface area contributed by atoms with Gasteiger partial charge in [0.25, 0.3) is 5.91 Å². The quantitative estimate of drug-likeness (QED) is 0.788. The minimum Gasteiger partial charge on any atom is -0.291 e. The van der Waals surface area contributed by atoms with Crippen LogP contribution in [0.25, 0.3) is 0 Å². The summed E-state index contributed by atoms with van der Waals surface area (Å²) in [5.41, 5.74) is 2.10. The Hall–Kier alpha value is -2.24. The Morgan fingerprint density at radius 2 is 2.19 bits per heavy atom. The van der Waals surface area contributed by atoms with Crippen LogP contribution in [0.3, 0.4) is 0 Å². The monoisotopic (exact) mass is 217 g/mol. The highest BCUT2D eigenvalue weighted by molar-refractivity contribution is 6.04. The fourth-order valence-corrected chi connectivity index (χ4v) is 1.37. The van der Waals surface area contributed by atoms with Crippen molar-refractivity contribution in [3.05, 3.63) is 35.4 Å². The van der Waals surface area contributed by atoms with Gasteiger partial charge >= 0.3 is 0 Å². The number of hydrogen-bond donors (Lipinski definition) is 2. The largest absolute Gasteiger partial charge is 0.291 e. The van der Waals surface area contributed by atoms with Crippen LogP contribution >= 0.6 is 0 Å². The van der Waals surface area contributed by atoms with Gasteiger partial charge in [0.05, 0.1) is 11.3 Å². The molecule has 0 spiro atoms. The molecule has 6 heteroatoms. The first kappa shape index (κ1) is 10.3. The maximum absolute atomic E-state index is 11.8. The van der Waals surface area contributed by atoms with E-state index < -0.39 is 0 Å². The Bertz CT molecular complexity index is 506. The number of pyridine rings is 1. The molecule has 2 rings (SSSR count). The van der Waals surface area contributed by atoms with Crippen LogP contribution in [0, 0.1) is 13.8 Å². The molecule has 2 heterocycles. The number of H-pyrrole nitrogens is 1. The summed E-state index contributed by atoms with van der Waals surface area (Å²) in [4.78, 5) is 19.8. The van der Waals surface area contributed by atoms with Gasteiger partial charge in [-0.3, -0.25) is 15.1 Å². The summed E-state index contributed by atoms with van der Waals surface area (Å²) in [6, 6.07) is 3.53. The lowest BCUT2D eigenvalue weighted by atomic mass is 10.2. The van der Waals surface area contributed by atoms with E-state index in [1.54, 1.807) is 19.1 Å². The minimum absolute atomic E-state index is 0.248. The smallest absolute Gasteiger partial charge is 0.259 e. The van der Waals surface area contributed by atoms with Crippen molar-refractivity contribution in [2.45, 2.75) is 13.8 Å². The van der Waals surface area contributed by atoms with Crippen LogP contribution in [-0.4, -0.2) is 26.1 Å². The van der Waals surface area contributed by atoms with Crippen molar-refractivity contribution in [1.29, 1.82) is 0 Å². The molecule has 6 nitrogen and oxygen atoms in total. The number of carbonyl (C=O) groups excluding carboxylic acids is 1. The van der Waals surface area contributed by atoms with E-state index in [4.69, 9.17) is 0 Å². The Morgan fingerprint density at radius 1 is 1.38 bits per heavy atom. The molecule has 82 valence electrons. The van der Waals surface area contributed by atoms with Gasteiger partial charge in [-0.1, -0.05) is 0 Å². The third-order valence-electron chi connectivity index (χ3n) is 2.12. The van der Waals surface area contributed by atoms with E-state index in [9.17, 15) is 4.79 Å². The van der Waals surface area contributed by atoms with Gasteiger partial charge in [-0.2, -0.15) is 10.1 Å². The summed E-state index contributed by atoms with van der Waals surface area (Å²) >= 11 is 0. The number of amides is 1. The number of anilines is 1. The first-order valence-corrected chi connectivity index (χ1v) is 4.78. The second-order valence-corrected chi connectivity index (χ2v) is 3.37. The zero-order valence-electron chi connectivity index (χ0n) is 8.98. The van der Waals surface area contributed by atoms with Crippen LogP contribution < -0.4 is 5.32 Å². The summed E-state index contributed by atoms with van der Waals surface area (Å²) in [7, 11) is 0. The fraction of sp³-hybridized carbons (Fsp3) is 0.200. The average Bonchev–Trinajstić information content (AvgIpc) is 2.70. The lowest BCUT2D eigenvalue weighted by molar-refractivity contribution is 0.102. The zero-order chi connectivity index (χ0) is 11.5. The molecule has 2 aromatic heterocycles. The summed E-state index contributed by atoms with van der Waals surface area (Å²) in [5.74, 6) is 0.0757. The van der Waals surface area contributed by atoms with Crippen molar-refractivity contribution in [3.63, 3.8) is 0 Å². The summed E-state index contributed by atoms with van der Waals surface area (Å²) in [6.07, 6.45) is 1.33. The van der Waals surface area contributed by atoms with Crippen LogP contribution in [0.15, 0.2) is 18.5 Å². The van der Waals surface area contributed by atoms with Gasteiger partial charge < -0.3 is 0 Å². The molecule has 0 bridgehead atoms. The molecule has 0 aromatic carbocycles. The van der Waals surface area contributed by atoms with E-state index in [0.29, 0.717) is 17.2 Å². The van der Waals surface area contributed by atoms with E-state index in [1.165, 1.54) is 6.33 Å². The van der Waals surface area contributed by atoms with Crippen molar-refractivity contribution in [1.82, 2.24) is 20.2 Å². The number of carbonyl (C=O) groups is 1. The molecule has 0 unspecified atom stereocenters. The van der Waals surface area contributed by atoms with Crippen LogP contribution in [0.5, 0.6) is 0 Å². The molecular formula is C10H11N5O. The molecule has 0 aliphatic rings. The normalized spacial score (nSPS) is 10.1. The van der Waals surface area contributed by atoms with Crippen LogP contribution in [0.1, 0.15) is 21.7 Å². The van der Waals surface area contributed by atoms with Gasteiger partial charge in [0.1, 0.15) is 6.33 Å². The molecule has 0 aliphatic carbocycles. The second-order valence-electron chi connectivity index (χ2n) is 3.37. The number of aromatic nitrogens is 4. The highest BCUT2D eigenvalue weighted by atomic mass is 16.1. The molecule has 0 saturated carbocycles. The summed E-state index contributed by atoms with van der Waals surface area (Å²) in [5, 5.41) is 8.78. The van der Waals surface area contributed by atoms with Crippen LogP contribution in [0.4, 0.5) is 5.95 Å². The highest BCUT2D eigenvalue weighted by Crippen LogP contribution is 2.08. The van der Waals surface area contributed by atoms with Crippen molar-refractivity contribution in [3.8, 4) is 0 Å². The topological polar surface area (TPSA) is 83.6 Å². The number of nitrogens with one attached hydrogen (secondary N) is 2. The van der Waals surface area contributed by atoms with E-state index >= 15 is 0 Å². The van der Waals surface area contributed by atoms with Crippen molar-refractivity contribution < 1.29 is 4.79 Å². The number of rotatable bonds is 2. The summed E-state index contributed by atoms with van der Waals surface area (Å²) < 4.78 is 0. The average molecular weight is 217 g/mol. The maximum Gasteiger partial charge on any atom is 0.259 e. The highest BCUT2D eigenvalue weighted by Gasteiger charge is 2.11. The van der Waals surface area contributed by atoms with Crippen molar-refractivity contribution >= 4 is 11.9 Å². The zero-order valence-corrected chi connectivity index (χ0v) is 8.98. The molecule has 0 radical (unpaired) electrons. The fourth-order valence-electron chi connectivity index (χ4n) is 1.37. The Kier molecular flexibility index (Phi) is 2.63. The number of nitrogens with zero attached hydrogens (tertiary/aromatic N) is 3. The Morgan fingerprint density at radius 3 is 2.81 bits per heavy atom. The SMILES string of the molecule is Cc1ccc(C(=O)Nc2ncn[nH]2)c(C)n1. The molecule has 1 amide bonds. The van der Waals surface area contributed by atoms with Gasteiger partial charge in [-0.25, -0.2) is 5.10 Å². The first-order chi connectivity index (χ1) is 7.66. The molecular weight excluding hydrogens is 206 g/mol. The molecule has 2 aromatic rings. The Balaban J connectivity index is 2.21.